The van der Waals surface area contributed by atoms with E-state index in [4.69, 9.17) is 4.42 Å². The second-order valence-corrected chi connectivity index (χ2v) is 5.15. The molecule has 2 nitrogen and oxygen atoms in total. The molecule has 0 aliphatic heterocycles. The molecule has 0 fully saturated rings. The van der Waals surface area contributed by atoms with Crippen molar-refractivity contribution in [3.63, 3.8) is 0 Å². The van der Waals surface area contributed by atoms with Gasteiger partial charge in [-0.25, -0.2) is 0 Å². The Kier molecular flexibility index (Phi) is 3.97. The van der Waals surface area contributed by atoms with Gasteiger partial charge in [0.1, 0.15) is 11.5 Å². The minimum atomic E-state index is 0.121. The second-order valence-electron chi connectivity index (χ2n) is 5.15. The van der Waals surface area contributed by atoms with Crippen LogP contribution in [-0.4, -0.2) is 12.6 Å². The van der Waals surface area contributed by atoms with Crippen molar-refractivity contribution in [3.8, 4) is 0 Å². The molecule has 0 aliphatic rings. The molecule has 1 aromatic heterocycles. The zero-order valence-corrected chi connectivity index (χ0v) is 10.6. The van der Waals surface area contributed by atoms with Gasteiger partial charge in [0, 0.05) is 11.5 Å². The van der Waals surface area contributed by atoms with Crippen LogP contribution in [0.4, 0.5) is 0 Å². The van der Waals surface area contributed by atoms with Gasteiger partial charge >= 0.3 is 0 Å². The molecule has 0 bridgehead atoms. The van der Waals surface area contributed by atoms with Crippen LogP contribution >= 0.6 is 0 Å². The monoisotopic (exact) mass is 209 g/mol. The number of nitrogens with one attached hydrogen (secondary N) is 1. The van der Waals surface area contributed by atoms with Gasteiger partial charge in [0.2, 0.25) is 0 Å². The minimum Gasteiger partial charge on any atom is -0.466 e. The van der Waals surface area contributed by atoms with E-state index in [0.717, 1.165) is 24.5 Å². The summed E-state index contributed by atoms with van der Waals surface area (Å²) < 4.78 is 5.68. The fourth-order valence-corrected chi connectivity index (χ4v) is 1.59. The summed E-state index contributed by atoms with van der Waals surface area (Å²) in [5, 5.41) is 3.44. The summed E-state index contributed by atoms with van der Waals surface area (Å²) in [6.45, 7) is 11.8. The third-order valence-corrected chi connectivity index (χ3v) is 2.71. The van der Waals surface area contributed by atoms with E-state index < -0.39 is 0 Å². The Bertz CT molecular complexity index is 299. The van der Waals surface area contributed by atoms with Crippen LogP contribution in [0.5, 0.6) is 0 Å². The van der Waals surface area contributed by atoms with Crippen LogP contribution in [0.3, 0.4) is 0 Å². The van der Waals surface area contributed by atoms with E-state index in [9.17, 15) is 0 Å². The van der Waals surface area contributed by atoms with Crippen LogP contribution < -0.4 is 5.32 Å². The molecule has 1 aromatic rings. The standard InChI is InChI=1S/C13H23NO/c1-10(2)14-9-8-13(4,5)12-7-6-11(3)15-12/h6-7,10,14H,8-9H2,1-5H3. The average molecular weight is 209 g/mol. The molecule has 0 atom stereocenters. The third-order valence-electron chi connectivity index (χ3n) is 2.71. The fourth-order valence-electron chi connectivity index (χ4n) is 1.59. The van der Waals surface area contributed by atoms with Gasteiger partial charge in [-0.3, -0.25) is 0 Å². The van der Waals surface area contributed by atoms with Gasteiger partial charge < -0.3 is 9.73 Å². The Labute approximate surface area is 93.1 Å². The summed E-state index contributed by atoms with van der Waals surface area (Å²) in [5.41, 5.74) is 0.121. The molecule has 0 saturated carbocycles. The van der Waals surface area contributed by atoms with E-state index in [1.807, 2.05) is 13.0 Å². The predicted molar refractivity (Wildman–Crippen MR) is 64.2 cm³/mol. The molecule has 1 heterocycles. The maximum atomic E-state index is 5.68. The highest BCUT2D eigenvalue weighted by Crippen LogP contribution is 2.28. The van der Waals surface area contributed by atoms with Gasteiger partial charge in [-0.1, -0.05) is 27.7 Å². The largest absolute Gasteiger partial charge is 0.466 e. The SMILES string of the molecule is Cc1ccc(C(C)(C)CCNC(C)C)o1. The van der Waals surface area contributed by atoms with Gasteiger partial charge in [-0.05, 0) is 32.0 Å². The Hall–Kier alpha value is -0.760. The summed E-state index contributed by atoms with van der Waals surface area (Å²) >= 11 is 0. The first-order valence-electron chi connectivity index (χ1n) is 5.72. The normalized spacial score (nSPS) is 12.4. The Morgan fingerprint density at radius 3 is 2.47 bits per heavy atom. The molecular formula is C13H23NO. The molecule has 0 spiro atoms. The van der Waals surface area contributed by atoms with Crippen molar-refractivity contribution in [2.24, 2.45) is 0 Å². The minimum absolute atomic E-state index is 0.121. The van der Waals surface area contributed by atoms with Crippen LogP contribution in [0.2, 0.25) is 0 Å². The topological polar surface area (TPSA) is 25.2 Å². The van der Waals surface area contributed by atoms with E-state index in [0.29, 0.717) is 6.04 Å². The number of furan rings is 1. The first-order valence-corrected chi connectivity index (χ1v) is 5.72. The highest BCUT2D eigenvalue weighted by atomic mass is 16.3. The second kappa shape index (κ2) is 4.84. The van der Waals surface area contributed by atoms with Gasteiger partial charge in [0.25, 0.3) is 0 Å². The van der Waals surface area contributed by atoms with Crippen molar-refractivity contribution in [2.45, 2.75) is 52.5 Å². The van der Waals surface area contributed by atoms with E-state index in [-0.39, 0.29) is 5.41 Å². The summed E-state index contributed by atoms with van der Waals surface area (Å²) in [6.07, 6.45) is 1.10. The van der Waals surface area contributed by atoms with Crippen molar-refractivity contribution in [1.29, 1.82) is 0 Å². The van der Waals surface area contributed by atoms with Gasteiger partial charge in [0.15, 0.2) is 0 Å². The van der Waals surface area contributed by atoms with E-state index in [1.54, 1.807) is 0 Å². The van der Waals surface area contributed by atoms with Crippen molar-refractivity contribution < 1.29 is 4.42 Å². The Balaban J connectivity index is 2.51. The van der Waals surface area contributed by atoms with Crippen LogP contribution in [0.1, 0.15) is 45.6 Å². The summed E-state index contributed by atoms with van der Waals surface area (Å²) in [7, 11) is 0. The molecule has 1 N–H and O–H groups in total. The lowest BCUT2D eigenvalue weighted by atomic mass is 9.86. The predicted octanol–water partition coefficient (Wildman–Crippen LogP) is 3.25. The zero-order chi connectivity index (χ0) is 11.5. The molecule has 15 heavy (non-hydrogen) atoms. The highest BCUT2D eigenvalue weighted by Gasteiger charge is 2.23. The first kappa shape index (κ1) is 12.3. The zero-order valence-electron chi connectivity index (χ0n) is 10.6. The molecule has 0 aliphatic carbocycles. The van der Waals surface area contributed by atoms with Crippen LogP contribution in [0.25, 0.3) is 0 Å². The number of hydrogen-bond acceptors (Lipinski definition) is 2. The van der Waals surface area contributed by atoms with Gasteiger partial charge in [0.05, 0.1) is 0 Å². The lowest BCUT2D eigenvalue weighted by Crippen LogP contribution is -2.29. The quantitative estimate of drug-likeness (QED) is 0.805. The van der Waals surface area contributed by atoms with Crippen molar-refractivity contribution in [3.05, 3.63) is 23.7 Å². The molecule has 86 valence electrons. The van der Waals surface area contributed by atoms with Gasteiger partial charge in [-0.15, -0.1) is 0 Å². The smallest absolute Gasteiger partial charge is 0.109 e. The van der Waals surface area contributed by atoms with Crippen molar-refractivity contribution in [2.75, 3.05) is 6.54 Å². The lowest BCUT2D eigenvalue weighted by molar-refractivity contribution is 0.346. The summed E-state index contributed by atoms with van der Waals surface area (Å²) in [6, 6.07) is 4.68. The molecule has 2 heteroatoms. The molecule has 0 amide bonds. The maximum absolute atomic E-state index is 5.68. The molecule has 0 saturated heterocycles. The van der Waals surface area contributed by atoms with E-state index in [2.05, 4.69) is 39.1 Å². The van der Waals surface area contributed by atoms with E-state index in [1.165, 1.54) is 0 Å². The summed E-state index contributed by atoms with van der Waals surface area (Å²) in [5.74, 6) is 2.08. The van der Waals surface area contributed by atoms with Gasteiger partial charge in [-0.2, -0.15) is 0 Å². The maximum Gasteiger partial charge on any atom is 0.109 e. The molecule has 0 aromatic carbocycles. The lowest BCUT2D eigenvalue weighted by Gasteiger charge is -2.22. The molecule has 0 unspecified atom stereocenters. The highest BCUT2D eigenvalue weighted by molar-refractivity contribution is 5.14. The molecular weight excluding hydrogens is 186 g/mol. The van der Waals surface area contributed by atoms with Crippen molar-refractivity contribution in [1.82, 2.24) is 5.32 Å². The number of aryl methyl sites for hydroxylation is 1. The summed E-state index contributed by atoms with van der Waals surface area (Å²) in [4.78, 5) is 0. The third kappa shape index (κ3) is 3.71. The average Bonchev–Trinajstić information content (AvgIpc) is 2.51. The fraction of sp³-hybridized carbons (Fsp3) is 0.692. The molecule has 1 rings (SSSR count). The first-order chi connectivity index (χ1) is 6.92. The number of hydrogen-bond donors (Lipinski definition) is 1. The number of rotatable bonds is 5. The van der Waals surface area contributed by atoms with Crippen LogP contribution in [0, 0.1) is 6.92 Å². The molecule has 0 radical (unpaired) electrons. The van der Waals surface area contributed by atoms with E-state index >= 15 is 0 Å². The Morgan fingerprint density at radius 1 is 1.33 bits per heavy atom. The Morgan fingerprint density at radius 2 is 2.00 bits per heavy atom. The van der Waals surface area contributed by atoms with Crippen molar-refractivity contribution >= 4 is 0 Å². The van der Waals surface area contributed by atoms with Crippen LogP contribution in [0.15, 0.2) is 16.5 Å². The van der Waals surface area contributed by atoms with Crippen LogP contribution in [-0.2, 0) is 5.41 Å².